The first-order chi connectivity index (χ1) is 11.6. The third kappa shape index (κ3) is 3.63. The van der Waals surface area contributed by atoms with E-state index in [1.165, 1.54) is 38.6 Å². The van der Waals surface area contributed by atoms with Crippen LogP contribution in [0.5, 0.6) is 0 Å². The lowest BCUT2D eigenvalue weighted by Gasteiger charge is -2.24. The van der Waals surface area contributed by atoms with E-state index in [4.69, 9.17) is 0 Å². The average Bonchev–Trinajstić information content (AvgIpc) is 2.52. The minimum absolute atomic E-state index is 0.135. The van der Waals surface area contributed by atoms with Gasteiger partial charge in [-0.2, -0.15) is 0 Å². The molecule has 0 radical (unpaired) electrons. The summed E-state index contributed by atoms with van der Waals surface area (Å²) in [5, 5.41) is 2.68. The van der Waals surface area contributed by atoms with Crippen LogP contribution in [0.2, 0.25) is 0 Å². The van der Waals surface area contributed by atoms with E-state index in [0.717, 1.165) is 0 Å². The van der Waals surface area contributed by atoms with Crippen LogP contribution in [0.4, 0.5) is 0 Å². The molecule has 0 bridgehead atoms. The van der Waals surface area contributed by atoms with Crippen LogP contribution in [-0.2, 0) is 10.8 Å². The Morgan fingerprint density at radius 2 is 1.20 bits per heavy atom. The van der Waals surface area contributed by atoms with E-state index in [9.17, 15) is 0 Å². The van der Waals surface area contributed by atoms with Crippen molar-refractivity contribution in [2.75, 3.05) is 0 Å². The topological polar surface area (TPSA) is 0 Å². The van der Waals surface area contributed by atoms with Crippen LogP contribution in [0.25, 0.3) is 21.9 Å². The van der Waals surface area contributed by atoms with Crippen molar-refractivity contribution in [1.82, 2.24) is 0 Å². The molecule has 3 rings (SSSR count). The van der Waals surface area contributed by atoms with Crippen LogP contribution in [-0.4, -0.2) is 0 Å². The van der Waals surface area contributed by atoms with E-state index in [0.29, 0.717) is 0 Å². The van der Waals surface area contributed by atoms with Gasteiger partial charge in [-0.05, 0) is 56.8 Å². The summed E-state index contributed by atoms with van der Waals surface area (Å²) in [7, 11) is 0. The van der Waals surface area contributed by atoms with Gasteiger partial charge in [0, 0.05) is 0 Å². The van der Waals surface area contributed by atoms with Gasteiger partial charge in [0.2, 0.25) is 0 Å². The highest BCUT2D eigenvalue weighted by Crippen LogP contribution is 2.37. The molecule has 0 aliphatic heterocycles. The summed E-state index contributed by atoms with van der Waals surface area (Å²) in [4.78, 5) is 0. The van der Waals surface area contributed by atoms with Crippen molar-refractivity contribution in [3.8, 4) is 11.1 Å². The average molecular weight is 331 g/mol. The van der Waals surface area contributed by atoms with Gasteiger partial charge in [-0.15, -0.1) is 0 Å². The maximum absolute atomic E-state index is 2.39. The van der Waals surface area contributed by atoms with Crippen molar-refractivity contribution in [2.45, 2.75) is 59.3 Å². The van der Waals surface area contributed by atoms with Gasteiger partial charge in [-0.3, -0.25) is 0 Å². The number of hydrogen-bond acceptors (Lipinski definition) is 0. The van der Waals surface area contributed by atoms with Crippen LogP contribution in [0.1, 0.15) is 58.2 Å². The standard InChI is InChI=1S/C25H30/c1-17-8-10-18(11-9-17)22-16-21(25(5,6)7)14-19-12-13-20(15-23(19)22)24(2,3)4/h8-16H,1-7H3. The van der Waals surface area contributed by atoms with Gasteiger partial charge < -0.3 is 0 Å². The fourth-order valence-electron chi connectivity index (χ4n) is 3.23. The van der Waals surface area contributed by atoms with Crippen LogP contribution < -0.4 is 0 Å². The Labute approximate surface area is 152 Å². The zero-order chi connectivity index (χ0) is 18.4. The third-order valence-corrected chi connectivity index (χ3v) is 5.05. The molecule has 0 atom stereocenters. The van der Waals surface area contributed by atoms with Gasteiger partial charge in [-0.25, -0.2) is 0 Å². The molecule has 3 aromatic carbocycles. The molecule has 0 aromatic heterocycles. The van der Waals surface area contributed by atoms with Gasteiger partial charge in [0.05, 0.1) is 0 Å². The number of hydrogen-bond donors (Lipinski definition) is 0. The molecule has 0 amide bonds. The number of aryl methyl sites for hydroxylation is 1. The lowest BCUT2D eigenvalue weighted by atomic mass is 9.81. The Hall–Kier alpha value is -2.08. The molecule has 0 heteroatoms. The molecule has 130 valence electrons. The van der Waals surface area contributed by atoms with E-state index in [1.54, 1.807) is 0 Å². The third-order valence-electron chi connectivity index (χ3n) is 5.05. The van der Waals surface area contributed by atoms with Crippen molar-refractivity contribution in [3.63, 3.8) is 0 Å². The SMILES string of the molecule is Cc1ccc(-c2cc(C(C)(C)C)cc3ccc(C(C)(C)C)cc23)cc1. The molecule has 25 heavy (non-hydrogen) atoms. The van der Waals surface area contributed by atoms with E-state index in [1.807, 2.05) is 0 Å². The molecule has 0 fully saturated rings. The van der Waals surface area contributed by atoms with Gasteiger partial charge >= 0.3 is 0 Å². The van der Waals surface area contributed by atoms with E-state index < -0.39 is 0 Å². The highest BCUT2D eigenvalue weighted by atomic mass is 14.2. The van der Waals surface area contributed by atoms with Crippen LogP contribution >= 0.6 is 0 Å². The second-order valence-corrected chi connectivity index (χ2v) is 9.33. The van der Waals surface area contributed by atoms with Crippen molar-refractivity contribution in [3.05, 3.63) is 71.3 Å². The lowest BCUT2D eigenvalue weighted by molar-refractivity contribution is 0.589. The minimum atomic E-state index is 0.135. The largest absolute Gasteiger partial charge is 0.0587 e. The second kappa shape index (κ2) is 6.02. The smallest absolute Gasteiger partial charge is 0.0102 e. The van der Waals surface area contributed by atoms with E-state index in [2.05, 4.69) is 103 Å². The molecule has 0 aliphatic carbocycles. The molecule has 0 aliphatic rings. The Kier molecular flexibility index (Phi) is 4.27. The van der Waals surface area contributed by atoms with Crippen molar-refractivity contribution >= 4 is 10.8 Å². The maximum Gasteiger partial charge on any atom is -0.0102 e. The molecule has 3 aromatic rings. The van der Waals surface area contributed by atoms with Gasteiger partial charge in [0.25, 0.3) is 0 Å². The summed E-state index contributed by atoms with van der Waals surface area (Å²) in [6.07, 6.45) is 0. The first kappa shape index (κ1) is 17.7. The molecular formula is C25H30. The fraction of sp³-hybridized carbons (Fsp3) is 0.360. The molecule has 0 saturated heterocycles. The Balaban J connectivity index is 2.34. The molecular weight excluding hydrogens is 300 g/mol. The van der Waals surface area contributed by atoms with Gasteiger partial charge in [-0.1, -0.05) is 95.6 Å². The number of rotatable bonds is 1. The van der Waals surface area contributed by atoms with Crippen molar-refractivity contribution in [2.24, 2.45) is 0 Å². The van der Waals surface area contributed by atoms with Crippen LogP contribution in [0.15, 0.2) is 54.6 Å². The minimum Gasteiger partial charge on any atom is -0.0587 e. The highest BCUT2D eigenvalue weighted by molar-refractivity contribution is 5.98. The normalized spacial score (nSPS) is 12.6. The summed E-state index contributed by atoms with van der Waals surface area (Å²) in [5.74, 6) is 0. The Bertz CT molecular complexity index is 898. The second-order valence-electron chi connectivity index (χ2n) is 9.33. The Morgan fingerprint density at radius 3 is 1.76 bits per heavy atom. The lowest BCUT2D eigenvalue weighted by Crippen LogP contribution is -2.12. The zero-order valence-electron chi connectivity index (χ0n) is 16.7. The highest BCUT2D eigenvalue weighted by Gasteiger charge is 2.19. The molecule has 0 heterocycles. The Morgan fingerprint density at radius 1 is 0.600 bits per heavy atom. The van der Waals surface area contributed by atoms with E-state index in [-0.39, 0.29) is 10.8 Å². The zero-order valence-corrected chi connectivity index (χ0v) is 16.7. The number of fused-ring (bicyclic) bond motifs is 1. The predicted octanol–water partition coefficient (Wildman–Crippen LogP) is 7.41. The summed E-state index contributed by atoms with van der Waals surface area (Å²) in [5.41, 5.74) is 7.00. The fourth-order valence-corrected chi connectivity index (χ4v) is 3.23. The first-order valence-corrected chi connectivity index (χ1v) is 9.21. The first-order valence-electron chi connectivity index (χ1n) is 9.21. The molecule has 0 unspecified atom stereocenters. The van der Waals surface area contributed by atoms with Gasteiger partial charge in [0.15, 0.2) is 0 Å². The molecule has 0 nitrogen and oxygen atoms in total. The van der Waals surface area contributed by atoms with Crippen LogP contribution in [0, 0.1) is 6.92 Å². The summed E-state index contributed by atoms with van der Waals surface area (Å²) < 4.78 is 0. The summed E-state index contributed by atoms with van der Waals surface area (Å²) >= 11 is 0. The molecule has 0 N–H and O–H groups in total. The molecule has 0 spiro atoms. The number of benzene rings is 3. The van der Waals surface area contributed by atoms with Crippen molar-refractivity contribution in [1.29, 1.82) is 0 Å². The molecule has 0 saturated carbocycles. The maximum atomic E-state index is 2.39. The van der Waals surface area contributed by atoms with Crippen molar-refractivity contribution < 1.29 is 0 Å². The van der Waals surface area contributed by atoms with Crippen LogP contribution in [0.3, 0.4) is 0 Å². The van der Waals surface area contributed by atoms with E-state index >= 15 is 0 Å². The summed E-state index contributed by atoms with van der Waals surface area (Å²) in [6, 6.07) is 20.6. The predicted molar refractivity (Wildman–Crippen MR) is 112 cm³/mol. The monoisotopic (exact) mass is 330 g/mol. The van der Waals surface area contributed by atoms with Gasteiger partial charge in [0.1, 0.15) is 0 Å². The quantitative estimate of drug-likeness (QED) is 0.436. The summed E-state index contributed by atoms with van der Waals surface area (Å²) in [6.45, 7) is 15.9.